The predicted molar refractivity (Wildman–Crippen MR) is 83.2 cm³/mol. The fourth-order valence-corrected chi connectivity index (χ4v) is 2.42. The monoisotopic (exact) mass is 290 g/mol. The second kappa shape index (κ2) is 5.64. The van der Waals surface area contributed by atoms with E-state index in [4.69, 9.17) is 0 Å². The molecule has 0 radical (unpaired) electrons. The minimum atomic E-state index is -0.580. The van der Waals surface area contributed by atoms with Gasteiger partial charge in [-0.25, -0.2) is 0 Å². The minimum absolute atomic E-state index is 0.0884. The topological polar surface area (TPSA) is 55.9 Å². The van der Waals surface area contributed by atoms with Crippen molar-refractivity contribution in [1.29, 1.82) is 0 Å². The molecule has 0 aliphatic carbocycles. The average molecular weight is 290 g/mol. The van der Waals surface area contributed by atoms with Crippen molar-refractivity contribution in [2.45, 2.75) is 58.6 Å². The van der Waals surface area contributed by atoms with Crippen molar-refractivity contribution < 1.29 is 5.11 Å². The maximum Gasteiger partial charge on any atom is 0.0879 e. The van der Waals surface area contributed by atoms with Crippen molar-refractivity contribution in [1.82, 2.24) is 19.6 Å². The van der Waals surface area contributed by atoms with Crippen LogP contribution in [0.4, 0.5) is 0 Å². The highest BCUT2D eigenvalue weighted by atomic mass is 16.3. The van der Waals surface area contributed by atoms with E-state index in [0.29, 0.717) is 12.5 Å². The fourth-order valence-electron chi connectivity index (χ4n) is 2.42. The maximum absolute atomic E-state index is 10.6. The third kappa shape index (κ3) is 3.53. The molecule has 2 heterocycles. The molecule has 0 saturated heterocycles. The predicted octanol–water partition coefficient (Wildman–Crippen LogP) is 2.77. The second-order valence-electron chi connectivity index (χ2n) is 6.96. The largest absolute Gasteiger partial charge is 0.388 e. The Hall–Kier alpha value is -1.62. The zero-order valence-electron chi connectivity index (χ0n) is 13.8. The molecule has 0 aliphatic heterocycles. The molecule has 5 nitrogen and oxygen atoms in total. The van der Waals surface area contributed by atoms with Crippen molar-refractivity contribution in [2.24, 2.45) is 7.05 Å². The van der Waals surface area contributed by atoms with E-state index >= 15 is 0 Å². The van der Waals surface area contributed by atoms with Crippen molar-refractivity contribution >= 4 is 0 Å². The van der Waals surface area contributed by atoms with Gasteiger partial charge in [0, 0.05) is 42.9 Å². The van der Waals surface area contributed by atoms with E-state index < -0.39 is 6.10 Å². The fraction of sp³-hybridized carbons (Fsp3) is 0.625. The molecule has 116 valence electrons. The molecule has 21 heavy (non-hydrogen) atoms. The SMILES string of the molecule is CC(C)n1ccc(CC(O)c2cn(C)nc2C(C)(C)C)n1. The summed E-state index contributed by atoms with van der Waals surface area (Å²) in [6.07, 6.45) is 3.79. The van der Waals surface area contributed by atoms with Gasteiger partial charge in [-0.05, 0) is 19.9 Å². The Kier molecular flexibility index (Phi) is 4.23. The number of nitrogens with zero attached hydrogens (tertiary/aromatic N) is 4. The number of aliphatic hydroxyl groups is 1. The van der Waals surface area contributed by atoms with Gasteiger partial charge in [0.1, 0.15) is 0 Å². The lowest BCUT2D eigenvalue weighted by molar-refractivity contribution is 0.174. The zero-order valence-corrected chi connectivity index (χ0v) is 13.8. The lowest BCUT2D eigenvalue weighted by atomic mass is 9.87. The van der Waals surface area contributed by atoms with Gasteiger partial charge in [-0.15, -0.1) is 0 Å². The molecular formula is C16H26N4O. The Bertz CT molecular complexity index is 604. The molecule has 2 aromatic heterocycles. The quantitative estimate of drug-likeness (QED) is 0.942. The van der Waals surface area contributed by atoms with E-state index in [1.54, 1.807) is 4.68 Å². The Morgan fingerprint density at radius 3 is 2.43 bits per heavy atom. The summed E-state index contributed by atoms with van der Waals surface area (Å²) in [5.41, 5.74) is 2.65. The lowest BCUT2D eigenvalue weighted by Gasteiger charge is -2.19. The van der Waals surface area contributed by atoms with Crippen LogP contribution in [-0.4, -0.2) is 24.7 Å². The lowest BCUT2D eigenvalue weighted by Crippen LogP contribution is -2.17. The van der Waals surface area contributed by atoms with Gasteiger partial charge >= 0.3 is 0 Å². The maximum atomic E-state index is 10.6. The summed E-state index contributed by atoms with van der Waals surface area (Å²) in [6.45, 7) is 10.5. The van der Waals surface area contributed by atoms with Gasteiger partial charge in [-0.1, -0.05) is 20.8 Å². The highest BCUT2D eigenvalue weighted by Gasteiger charge is 2.26. The molecule has 0 saturated carbocycles. The number of aromatic nitrogens is 4. The summed E-state index contributed by atoms with van der Waals surface area (Å²) in [7, 11) is 1.89. The Labute approximate surface area is 126 Å². The van der Waals surface area contributed by atoms with Gasteiger partial charge < -0.3 is 5.11 Å². The van der Waals surface area contributed by atoms with Crippen LogP contribution in [0.3, 0.4) is 0 Å². The van der Waals surface area contributed by atoms with Crippen molar-refractivity contribution in [3.8, 4) is 0 Å². The standard InChI is InChI=1S/C16H26N4O/c1-11(2)20-8-7-12(17-20)9-14(21)13-10-19(6)18-15(13)16(3,4)5/h7-8,10-11,14,21H,9H2,1-6H3. The first-order valence-electron chi connectivity index (χ1n) is 7.44. The van der Waals surface area contributed by atoms with Crippen LogP contribution in [0.1, 0.15) is 63.7 Å². The average Bonchev–Trinajstić information content (AvgIpc) is 2.94. The Morgan fingerprint density at radius 1 is 1.24 bits per heavy atom. The highest BCUT2D eigenvalue weighted by molar-refractivity contribution is 5.27. The molecule has 5 heteroatoms. The van der Waals surface area contributed by atoms with Crippen LogP contribution in [0.25, 0.3) is 0 Å². The Balaban J connectivity index is 2.22. The normalized spacial score (nSPS) is 13.9. The van der Waals surface area contributed by atoms with Gasteiger partial charge in [-0.3, -0.25) is 9.36 Å². The molecular weight excluding hydrogens is 264 g/mol. The number of hydrogen-bond donors (Lipinski definition) is 1. The van der Waals surface area contributed by atoms with E-state index in [-0.39, 0.29) is 5.41 Å². The van der Waals surface area contributed by atoms with E-state index in [1.807, 2.05) is 30.2 Å². The first-order valence-corrected chi connectivity index (χ1v) is 7.44. The molecule has 0 bridgehead atoms. The highest BCUT2D eigenvalue weighted by Crippen LogP contribution is 2.29. The smallest absolute Gasteiger partial charge is 0.0879 e. The third-order valence-electron chi connectivity index (χ3n) is 3.52. The molecule has 1 N–H and O–H groups in total. The van der Waals surface area contributed by atoms with Gasteiger partial charge in [-0.2, -0.15) is 10.2 Å². The summed E-state index contributed by atoms with van der Waals surface area (Å²) in [5.74, 6) is 0. The molecule has 0 aromatic carbocycles. The molecule has 0 spiro atoms. The first-order chi connectivity index (χ1) is 9.68. The Morgan fingerprint density at radius 2 is 1.90 bits per heavy atom. The van der Waals surface area contributed by atoms with Crippen LogP contribution < -0.4 is 0 Å². The molecule has 0 aliphatic rings. The van der Waals surface area contributed by atoms with Crippen LogP contribution in [-0.2, 0) is 18.9 Å². The van der Waals surface area contributed by atoms with Crippen LogP contribution >= 0.6 is 0 Å². The number of hydrogen-bond acceptors (Lipinski definition) is 3. The van der Waals surface area contributed by atoms with E-state index in [0.717, 1.165) is 17.0 Å². The van der Waals surface area contributed by atoms with E-state index in [9.17, 15) is 5.11 Å². The van der Waals surface area contributed by atoms with E-state index in [1.165, 1.54) is 0 Å². The zero-order chi connectivity index (χ0) is 15.8. The van der Waals surface area contributed by atoms with Crippen LogP contribution in [0, 0.1) is 0 Å². The molecule has 2 rings (SSSR count). The number of aryl methyl sites for hydroxylation is 1. The minimum Gasteiger partial charge on any atom is -0.388 e. The van der Waals surface area contributed by atoms with Gasteiger partial charge in [0.25, 0.3) is 0 Å². The summed E-state index contributed by atoms with van der Waals surface area (Å²) < 4.78 is 3.68. The van der Waals surface area contributed by atoms with Gasteiger partial charge in [0.2, 0.25) is 0 Å². The third-order valence-corrected chi connectivity index (χ3v) is 3.52. The second-order valence-corrected chi connectivity index (χ2v) is 6.96. The summed E-state index contributed by atoms with van der Waals surface area (Å²) in [4.78, 5) is 0. The van der Waals surface area contributed by atoms with Crippen LogP contribution in [0.2, 0.25) is 0 Å². The molecule has 1 unspecified atom stereocenters. The van der Waals surface area contributed by atoms with Crippen LogP contribution in [0.15, 0.2) is 18.5 Å². The molecule has 0 amide bonds. The van der Waals surface area contributed by atoms with Gasteiger partial charge in [0.15, 0.2) is 0 Å². The van der Waals surface area contributed by atoms with Crippen molar-refractivity contribution in [2.75, 3.05) is 0 Å². The van der Waals surface area contributed by atoms with Gasteiger partial charge in [0.05, 0.1) is 17.5 Å². The summed E-state index contributed by atoms with van der Waals surface area (Å²) >= 11 is 0. The first kappa shape index (κ1) is 15.8. The van der Waals surface area contributed by atoms with Crippen LogP contribution in [0.5, 0.6) is 0 Å². The molecule has 1 atom stereocenters. The van der Waals surface area contributed by atoms with E-state index in [2.05, 4.69) is 44.8 Å². The summed E-state index contributed by atoms with van der Waals surface area (Å²) in [6, 6.07) is 2.30. The molecule has 2 aromatic rings. The summed E-state index contributed by atoms with van der Waals surface area (Å²) in [5, 5.41) is 19.6. The van der Waals surface area contributed by atoms with Crippen molar-refractivity contribution in [3.05, 3.63) is 35.4 Å². The number of rotatable bonds is 4. The van der Waals surface area contributed by atoms with Crippen molar-refractivity contribution in [3.63, 3.8) is 0 Å². The number of aliphatic hydroxyl groups excluding tert-OH is 1. The molecule has 0 fully saturated rings.